The Balaban J connectivity index is 1.50. The fourth-order valence-electron chi connectivity index (χ4n) is 6.13. The second-order valence-electron chi connectivity index (χ2n) is 11.4. The Kier molecular flexibility index (Phi) is 8.22. The number of anilines is 1. The van der Waals surface area contributed by atoms with E-state index in [0.717, 1.165) is 27.9 Å². The van der Waals surface area contributed by atoms with E-state index in [1.807, 2.05) is 53.4 Å². The summed E-state index contributed by atoms with van der Waals surface area (Å²) >= 11 is 0. The molecule has 216 valence electrons. The Hall–Kier alpha value is -4.04. The predicted octanol–water partition coefficient (Wildman–Crippen LogP) is 6.15. The number of benzene rings is 3. The highest BCUT2D eigenvalue weighted by molar-refractivity contribution is 5.94. The van der Waals surface area contributed by atoms with Crippen LogP contribution in [0.4, 0.5) is 5.69 Å². The summed E-state index contributed by atoms with van der Waals surface area (Å²) in [5, 5.41) is 13.8. The van der Waals surface area contributed by atoms with E-state index in [4.69, 9.17) is 14.2 Å². The molecular weight excluding hydrogens is 520 g/mol. The van der Waals surface area contributed by atoms with Gasteiger partial charge in [-0.2, -0.15) is 0 Å². The van der Waals surface area contributed by atoms with Crippen molar-refractivity contribution in [1.29, 1.82) is 0 Å². The number of nitrogens with one attached hydrogen (secondary N) is 1. The number of carbonyl (C=O) groups is 2. The topological polar surface area (TPSA) is 97.3 Å². The molecule has 8 nitrogen and oxygen atoms in total. The third kappa shape index (κ3) is 5.75. The zero-order chi connectivity index (χ0) is 29.3. The molecule has 1 fully saturated rings. The summed E-state index contributed by atoms with van der Waals surface area (Å²) in [7, 11) is 1.59. The maximum Gasteiger partial charge on any atom is 0.309 e. The van der Waals surface area contributed by atoms with Crippen molar-refractivity contribution in [1.82, 2.24) is 4.90 Å². The van der Waals surface area contributed by atoms with Crippen LogP contribution in [-0.4, -0.2) is 48.9 Å². The number of carboxylic acid groups (broad SMARTS) is 1. The van der Waals surface area contributed by atoms with Crippen LogP contribution in [0.2, 0.25) is 0 Å². The molecule has 0 saturated carbocycles. The van der Waals surface area contributed by atoms with Crippen molar-refractivity contribution in [3.05, 3.63) is 82.9 Å². The highest BCUT2D eigenvalue weighted by atomic mass is 16.7. The third-order valence-electron chi connectivity index (χ3n) is 8.15. The molecule has 0 unspecified atom stereocenters. The highest BCUT2D eigenvalue weighted by Crippen LogP contribution is 2.48. The van der Waals surface area contributed by atoms with Crippen molar-refractivity contribution >= 4 is 17.6 Å². The van der Waals surface area contributed by atoms with Gasteiger partial charge in [0.1, 0.15) is 5.75 Å². The largest absolute Gasteiger partial charge is 0.497 e. The van der Waals surface area contributed by atoms with Crippen LogP contribution in [0, 0.1) is 5.92 Å². The van der Waals surface area contributed by atoms with Gasteiger partial charge in [-0.05, 0) is 58.4 Å². The number of methoxy groups -OCH3 is 1. The molecule has 8 heteroatoms. The van der Waals surface area contributed by atoms with Crippen molar-refractivity contribution in [3.63, 3.8) is 0 Å². The van der Waals surface area contributed by atoms with Crippen molar-refractivity contribution in [2.45, 2.75) is 51.5 Å². The molecule has 2 N–H and O–H groups in total. The van der Waals surface area contributed by atoms with Crippen molar-refractivity contribution < 1.29 is 28.9 Å². The molecule has 3 aromatic rings. The molecule has 2 aliphatic heterocycles. The van der Waals surface area contributed by atoms with E-state index in [2.05, 4.69) is 45.1 Å². The van der Waals surface area contributed by atoms with Crippen molar-refractivity contribution in [2.75, 3.05) is 32.3 Å². The van der Waals surface area contributed by atoms with Gasteiger partial charge < -0.3 is 24.6 Å². The molecule has 0 bridgehead atoms. The molecule has 0 aliphatic carbocycles. The van der Waals surface area contributed by atoms with E-state index in [9.17, 15) is 14.7 Å². The summed E-state index contributed by atoms with van der Waals surface area (Å²) in [6.07, 6.45) is 0. The summed E-state index contributed by atoms with van der Waals surface area (Å²) in [6.45, 7) is 9.04. The lowest BCUT2D eigenvalue weighted by molar-refractivity contribution is -0.143. The number of ether oxygens (including phenoxy) is 3. The lowest BCUT2D eigenvalue weighted by atomic mass is 9.82. The first-order valence-corrected chi connectivity index (χ1v) is 14.1. The van der Waals surface area contributed by atoms with Gasteiger partial charge in [0.25, 0.3) is 0 Å². The third-order valence-corrected chi connectivity index (χ3v) is 8.15. The molecule has 5 rings (SSSR count). The smallest absolute Gasteiger partial charge is 0.309 e. The normalized spacial score (nSPS) is 20.0. The van der Waals surface area contributed by atoms with Crippen LogP contribution < -0.4 is 19.5 Å². The molecule has 0 aromatic heterocycles. The van der Waals surface area contributed by atoms with Gasteiger partial charge >= 0.3 is 5.97 Å². The minimum atomic E-state index is -0.913. The molecule has 2 heterocycles. The molecule has 0 radical (unpaired) electrons. The SMILES string of the molecule is COc1ccc([C@H]2[C@H](C(=O)O)[C@@H](c3ccc4c(c3)OCO4)CN2CC(=O)Nc2c(C(C)C)cccc2C(C)C)cc1. The van der Waals surface area contributed by atoms with Crippen molar-refractivity contribution in [3.8, 4) is 17.2 Å². The summed E-state index contributed by atoms with van der Waals surface area (Å²) in [4.78, 5) is 28.6. The molecule has 41 heavy (non-hydrogen) atoms. The molecule has 3 aromatic carbocycles. The summed E-state index contributed by atoms with van der Waals surface area (Å²) in [5.74, 6) is 0.159. The van der Waals surface area contributed by atoms with E-state index in [0.29, 0.717) is 23.8 Å². The number of carbonyl (C=O) groups excluding carboxylic acids is 1. The van der Waals surface area contributed by atoms with Gasteiger partial charge in [0.2, 0.25) is 12.7 Å². The quantitative estimate of drug-likeness (QED) is 0.325. The standard InChI is InChI=1S/C33H38N2O6/c1-19(2)24-7-6-8-25(20(3)4)31(24)34-29(36)17-35-16-26(22-11-14-27-28(15-22)41-18-40-27)30(33(37)38)32(35)21-9-12-23(39-5)13-10-21/h6-15,19-20,26,30,32H,16-18H2,1-5H3,(H,34,36)(H,37,38)/t26-,30-,32+/m1/s1. The maximum absolute atomic E-state index is 13.7. The van der Waals surface area contributed by atoms with Crippen LogP contribution in [0.1, 0.15) is 73.7 Å². The fraction of sp³-hybridized carbons (Fsp3) is 0.394. The molecular formula is C33H38N2O6. The van der Waals surface area contributed by atoms with Crippen LogP contribution in [-0.2, 0) is 9.59 Å². The first kappa shape index (κ1) is 28.5. The van der Waals surface area contributed by atoms with Gasteiger partial charge in [-0.25, -0.2) is 0 Å². The first-order chi connectivity index (χ1) is 19.7. The maximum atomic E-state index is 13.7. The van der Waals surface area contributed by atoms with E-state index in [-0.39, 0.29) is 37.0 Å². The summed E-state index contributed by atoms with van der Waals surface area (Å²) in [6, 6.07) is 18.6. The molecule has 0 spiro atoms. The van der Waals surface area contributed by atoms with Crippen LogP contribution in [0.15, 0.2) is 60.7 Å². The number of rotatable bonds is 9. The van der Waals surface area contributed by atoms with Crippen LogP contribution in [0.5, 0.6) is 17.2 Å². The fourth-order valence-corrected chi connectivity index (χ4v) is 6.13. The number of hydrogen-bond acceptors (Lipinski definition) is 6. The lowest BCUT2D eigenvalue weighted by Crippen LogP contribution is -2.35. The Morgan fingerprint density at radius 1 is 0.951 bits per heavy atom. The van der Waals surface area contributed by atoms with Gasteiger partial charge in [0, 0.05) is 24.2 Å². The predicted molar refractivity (Wildman–Crippen MR) is 157 cm³/mol. The van der Waals surface area contributed by atoms with Crippen LogP contribution >= 0.6 is 0 Å². The van der Waals surface area contributed by atoms with Gasteiger partial charge in [0.15, 0.2) is 11.5 Å². The Morgan fingerprint density at radius 2 is 1.59 bits per heavy atom. The lowest BCUT2D eigenvalue weighted by Gasteiger charge is -2.27. The van der Waals surface area contributed by atoms with E-state index < -0.39 is 17.9 Å². The number of aliphatic carboxylic acids is 1. The number of hydrogen-bond donors (Lipinski definition) is 2. The summed E-state index contributed by atoms with van der Waals surface area (Å²) < 4.78 is 16.4. The van der Waals surface area contributed by atoms with Gasteiger partial charge in [-0.1, -0.05) is 64.1 Å². The van der Waals surface area contributed by atoms with Crippen LogP contribution in [0.25, 0.3) is 0 Å². The number of para-hydroxylation sites is 1. The molecule has 1 saturated heterocycles. The number of likely N-dealkylation sites (tertiary alicyclic amines) is 1. The van der Waals surface area contributed by atoms with Gasteiger partial charge in [0.05, 0.1) is 19.6 Å². The number of carboxylic acids is 1. The average molecular weight is 559 g/mol. The average Bonchev–Trinajstić information content (AvgIpc) is 3.57. The Morgan fingerprint density at radius 3 is 2.20 bits per heavy atom. The Labute approximate surface area is 241 Å². The van der Waals surface area contributed by atoms with E-state index >= 15 is 0 Å². The second kappa shape index (κ2) is 11.8. The van der Waals surface area contributed by atoms with Crippen LogP contribution in [0.3, 0.4) is 0 Å². The summed E-state index contributed by atoms with van der Waals surface area (Å²) in [5.41, 5.74) is 4.68. The van der Waals surface area contributed by atoms with E-state index in [1.165, 1.54) is 0 Å². The zero-order valence-corrected chi connectivity index (χ0v) is 24.2. The molecule has 1 amide bonds. The Bertz CT molecular complexity index is 1390. The number of fused-ring (bicyclic) bond motifs is 1. The number of nitrogens with zero attached hydrogens (tertiary/aromatic N) is 1. The second-order valence-corrected chi connectivity index (χ2v) is 11.4. The molecule has 3 atom stereocenters. The molecule has 2 aliphatic rings. The zero-order valence-electron chi connectivity index (χ0n) is 24.2. The van der Waals surface area contributed by atoms with E-state index in [1.54, 1.807) is 7.11 Å². The highest BCUT2D eigenvalue weighted by Gasteiger charge is 2.48. The minimum absolute atomic E-state index is 0.0471. The van der Waals surface area contributed by atoms with Gasteiger partial charge in [-0.15, -0.1) is 0 Å². The minimum Gasteiger partial charge on any atom is -0.497 e. The van der Waals surface area contributed by atoms with Crippen molar-refractivity contribution in [2.24, 2.45) is 5.92 Å². The first-order valence-electron chi connectivity index (χ1n) is 14.1. The monoisotopic (exact) mass is 558 g/mol. The number of amides is 1. The van der Waals surface area contributed by atoms with Gasteiger partial charge in [-0.3, -0.25) is 14.5 Å².